The first-order chi connectivity index (χ1) is 16.9. The molecule has 3 N–H and O–H groups in total. The first kappa shape index (κ1) is 28.0. The molecule has 2 aromatic heterocycles. The van der Waals surface area contributed by atoms with Crippen LogP contribution in [0.25, 0.3) is 11.2 Å². The highest BCUT2D eigenvalue weighted by molar-refractivity contribution is 7.56. The molecule has 1 aliphatic carbocycles. The summed E-state index contributed by atoms with van der Waals surface area (Å²) in [5.41, 5.74) is 5.48. The lowest BCUT2D eigenvalue weighted by Crippen LogP contribution is -2.48. The van der Waals surface area contributed by atoms with Gasteiger partial charge in [-0.3, -0.25) is 9.36 Å². The predicted octanol–water partition coefficient (Wildman–Crippen LogP) is 2.40. The van der Waals surface area contributed by atoms with E-state index in [-0.39, 0.29) is 18.0 Å². The van der Waals surface area contributed by atoms with Crippen LogP contribution in [-0.4, -0.2) is 68.3 Å². The zero-order valence-corrected chi connectivity index (χ0v) is 22.2. The van der Waals surface area contributed by atoms with Crippen molar-refractivity contribution in [2.45, 2.75) is 84.3 Å². The van der Waals surface area contributed by atoms with E-state index in [1.807, 2.05) is 0 Å². The summed E-state index contributed by atoms with van der Waals surface area (Å²) in [7, 11) is -3.87. The van der Waals surface area contributed by atoms with Crippen LogP contribution >= 0.6 is 7.52 Å². The summed E-state index contributed by atoms with van der Waals surface area (Å²) >= 11 is 0. The monoisotopic (exact) mass is 526 g/mol. The Morgan fingerprint density at radius 2 is 1.97 bits per heavy atom. The Morgan fingerprint density at radius 3 is 2.61 bits per heavy atom. The number of nitrogens with one attached hydrogen (secondary N) is 1. The third kappa shape index (κ3) is 7.45. The molecule has 13 nitrogen and oxygen atoms in total. The fraction of sp³-hybridized carbons (Fsp3) is 0.682. The molecule has 0 saturated heterocycles. The Kier molecular flexibility index (Phi) is 9.04. The zero-order chi connectivity index (χ0) is 26.5. The largest absolute Gasteiger partial charge is 0.461 e. The van der Waals surface area contributed by atoms with Crippen LogP contribution in [0.5, 0.6) is 0 Å². The maximum Gasteiger partial charge on any atom is 0.332 e. The maximum atomic E-state index is 13.7. The topological polar surface area (TPSA) is 170 Å². The lowest BCUT2D eigenvalue weighted by molar-refractivity contribution is -0.159. The van der Waals surface area contributed by atoms with Gasteiger partial charge in [0.1, 0.15) is 29.8 Å². The summed E-state index contributed by atoms with van der Waals surface area (Å²) in [6.45, 7) is 7.98. The quantitative estimate of drug-likeness (QED) is 0.289. The van der Waals surface area contributed by atoms with E-state index in [1.54, 1.807) is 45.5 Å². The summed E-state index contributed by atoms with van der Waals surface area (Å²) in [5.74, 6) is -0.980. The number of ether oxygens (including phenoxy) is 3. The highest BCUT2D eigenvalue weighted by atomic mass is 31.2. The first-order valence-corrected chi connectivity index (χ1v) is 13.7. The van der Waals surface area contributed by atoms with Crippen molar-refractivity contribution in [3.05, 3.63) is 12.7 Å². The number of hydrogen-bond acceptors (Lipinski definition) is 11. The van der Waals surface area contributed by atoms with Gasteiger partial charge in [-0.1, -0.05) is 0 Å². The Hall–Kier alpha value is -2.60. The van der Waals surface area contributed by atoms with Crippen molar-refractivity contribution >= 4 is 36.4 Å². The summed E-state index contributed by atoms with van der Waals surface area (Å²) in [6.07, 6.45) is 4.13. The Labute approximate surface area is 209 Å². The Bertz CT molecular complexity index is 1120. The predicted molar refractivity (Wildman–Crippen MR) is 131 cm³/mol. The number of carbonyl (C=O) groups excluding carboxylic acids is 2. The highest BCUT2D eigenvalue weighted by Crippen LogP contribution is 2.45. The molecule has 200 valence electrons. The Balaban J connectivity index is 1.67. The molecule has 0 aromatic carbocycles. The van der Waals surface area contributed by atoms with E-state index in [0.29, 0.717) is 17.7 Å². The molecule has 1 fully saturated rings. The fourth-order valence-electron chi connectivity index (χ4n) is 3.40. The van der Waals surface area contributed by atoms with Gasteiger partial charge in [-0.25, -0.2) is 24.8 Å². The average Bonchev–Trinajstić information content (AvgIpc) is 3.17. The number of aromatic nitrogens is 4. The molecule has 1 unspecified atom stereocenters. The molecule has 2 heterocycles. The van der Waals surface area contributed by atoms with Gasteiger partial charge in [0.25, 0.3) is 7.52 Å². The van der Waals surface area contributed by atoms with Crippen molar-refractivity contribution in [1.29, 1.82) is 0 Å². The van der Waals surface area contributed by atoms with E-state index in [1.165, 1.54) is 6.33 Å². The van der Waals surface area contributed by atoms with Crippen molar-refractivity contribution in [2.75, 3.05) is 18.7 Å². The molecule has 1 aliphatic rings. The number of rotatable bonds is 13. The number of anilines is 1. The number of nitrogens with two attached hydrogens (primary N) is 1. The molecule has 1 saturated carbocycles. The molecule has 0 aliphatic heterocycles. The van der Waals surface area contributed by atoms with E-state index in [9.17, 15) is 14.2 Å². The van der Waals surface area contributed by atoms with Gasteiger partial charge in [-0.05, 0) is 53.9 Å². The van der Waals surface area contributed by atoms with Crippen LogP contribution in [0.4, 0.5) is 5.82 Å². The highest BCUT2D eigenvalue weighted by Gasteiger charge is 2.40. The molecule has 0 bridgehead atoms. The second kappa shape index (κ2) is 11.6. The molecule has 14 heteroatoms. The minimum Gasteiger partial charge on any atom is -0.461 e. The number of esters is 2. The number of hydrogen-bond donors (Lipinski definition) is 2. The number of carbonyl (C=O) groups is 2. The van der Waals surface area contributed by atoms with Crippen LogP contribution in [0.15, 0.2) is 12.7 Å². The van der Waals surface area contributed by atoms with E-state index in [0.717, 1.165) is 19.3 Å². The van der Waals surface area contributed by atoms with Crippen LogP contribution in [0.3, 0.4) is 0 Å². The van der Waals surface area contributed by atoms with E-state index in [2.05, 4.69) is 20.0 Å². The number of nitrogen functional groups attached to an aromatic ring is 1. The molecule has 0 amide bonds. The summed E-state index contributed by atoms with van der Waals surface area (Å²) in [6, 6.07) is 0. The van der Waals surface area contributed by atoms with Crippen LogP contribution in [0.1, 0.15) is 53.9 Å². The molecular weight excluding hydrogens is 491 g/mol. The minimum atomic E-state index is -3.87. The standard InChI is InChI=1S/C22H35N6O7P/c1-14(2)34-17(29)10-33-36(31,27-22(4,5)21(30)35-16-7-6-8-16)13-32-15(3)9-28-12-26-18-19(23)24-11-25-20(18)28/h11-12,14-16H,6-10,13H2,1-5H3,(H,27,31)(H2,23,24,25)/t15-,36?/m1/s1. The third-order valence-corrected chi connectivity index (χ3v) is 7.39. The molecule has 0 radical (unpaired) electrons. The number of nitrogens with zero attached hydrogens (tertiary/aromatic N) is 4. The van der Waals surface area contributed by atoms with Crippen LogP contribution in [-0.2, 0) is 39.4 Å². The summed E-state index contributed by atoms with van der Waals surface area (Å²) in [4.78, 5) is 37.1. The van der Waals surface area contributed by atoms with E-state index < -0.39 is 44.1 Å². The molecule has 0 spiro atoms. The molecule has 2 aromatic rings. The van der Waals surface area contributed by atoms with Gasteiger partial charge in [0.05, 0.1) is 25.1 Å². The van der Waals surface area contributed by atoms with Crippen molar-refractivity contribution in [2.24, 2.45) is 0 Å². The first-order valence-electron chi connectivity index (χ1n) is 11.8. The number of fused-ring (bicyclic) bond motifs is 1. The molecule has 36 heavy (non-hydrogen) atoms. The third-order valence-electron chi connectivity index (χ3n) is 5.46. The van der Waals surface area contributed by atoms with Gasteiger partial charge >= 0.3 is 11.9 Å². The van der Waals surface area contributed by atoms with Crippen LogP contribution < -0.4 is 10.8 Å². The van der Waals surface area contributed by atoms with Gasteiger partial charge in [0, 0.05) is 0 Å². The van der Waals surface area contributed by atoms with Crippen molar-refractivity contribution in [3.63, 3.8) is 0 Å². The molecule has 2 atom stereocenters. The summed E-state index contributed by atoms with van der Waals surface area (Å²) < 4.78 is 37.3. The van der Waals surface area contributed by atoms with Crippen molar-refractivity contribution in [3.8, 4) is 0 Å². The van der Waals surface area contributed by atoms with Gasteiger partial charge < -0.3 is 29.0 Å². The van der Waals surface area contributed by atoms with Crippen LogP contribution in [0.2, 0.25) is 0 Å². The SMILES string of the molecule is CC(C)OC(=O)COP(=O)(CO[C@H](C)Cn1cnc2c(N)ncnc21)NC(C)(C)C(=O)OC1CCC1. The summed E-state index contributed by atoms with van der Waals surface area (Å²) in [5, 5.41) is 2.75. The molecular formula is C22H35N6O7P. The minimum absolute atomic E-state index is 0.140. The van der Waals surface area contributed by atoms with E-state index >= 15 is 0 Å². The Morgan fingerprint density at radius 1 is 1.25 bits per heavy atom. The van der Waals surface area contributed by atoms with Gasteiger partial charge in [0.15, 0.2) is 18.1 Å². The van der Waals surface area contributed by atoms with Gasteiger partial charge in [0.2, 0.25) is 0 Å². The van der Waals surface area contributed by atoms with Crippen molar-refractivity contribution < 1.29 is 32.9 Å². The normalized spacial score (nSPS) is 16.9. The lowest BCUT2D eigenvalue weighted by Gasteiger charge is -2.33. The smallest absolute Gasteiger partial charge is 0.332 e. The van der Waals surface area contributed by atoms with Crippen LogP contribution in [0, 0.1) is 0 Å². The van der Waals surface area contributed by atoms with Crippen molar-refractivity contribution in [1.82, 2.24) is 24.6 Å². The zero-order valence-electron chi connectivity index (χ0n) is 21.3. The molecule has 3 rings (SSSR count). The second-order valence-electron chi connectivity index (χ2n) is 9.61. The average molecular weight is 527 g/mol. The lowest BCUT2D eigenvalue weighted by atomic mass is 9.96. The fourth-order valence-corrected chi connectivity index (χ4v) is 5.31. The second-order valence-corrected chi connectivity index (χ2v) is 11.7. The van der Waals surface area contributed by atoms with Gasteiger partial charge in [-0.15, -0.1) is 0 Å². The van der Waals surface area contributed by atoms with E-state index in [4.69, 9.17) is 24.5 Å². The number of imidazole rings is 1. The maximum absolute atomic E-state index is 13.7. The van der Waals surface area contributed by atoms with Gasteiger partial charge in [-0.2, -0.15) is 0 Å².